The molecule has 0 aliphatic carbocycles. The molecule has 1 aromatic carbocycles. The number of rotatable bonds is 3. The molecule has 0 fully saturated rings. The van der Waals surface area contributed by atoms with Gasteiger partial charge in [-0.15, -0.1) is 10.2 Å². The van der Waals surface area contributed by atoms with Gasteiger partial charge in [0, 0.05) is 11.6 Å². The minimum absolute atomic E-state index is 0.0457. The fourth-order valence-corrected chi connectivity index (χ4v) is 2.16. The first-order valence-corrected chi connectivity index (χ1v) is 5.99. The van der Waals surface area contributed by atoms with Crippen LogP contribution in [-0.2, 0) is 0 Å². The predicted octanol–water partition coefficient (Wildman–Crippen LogP) is 4.11. The van der Waals surface area contributed by atoms with Crippen molar-refractivity contribution >= 4 is 11.6 Å². The Morgan fingerprint density at radius 1 is 1.21 bits per heavy atom. The van der Waals surface area contributed by atoms with Crippen molar-refractivity contribution in [2.75, 3.05) is 0 Å². The minimum atomic E-state index is -4.26. The molecule has 1 heterocycles. The molecule has 0 N–H and O–H groups in total. The third-order valence-corrected chi connectivity index (χ3v) is 2.91. The van der Waals surface area contributed by atoms with E-state index in [1.54, 1.807) is 24.3 Å². The summed E-state index contributed by atoms with van der Waals surface area (Å²) in [7, 11) is 0. The van der Waals surface area contributed by atoms with Gasteiger partial charge in [0.15, 0.2) is 5.82 Å². The van der Waals surface area contributed by atoms with Gasteiger partial charge < -0.3 is 0 Å². The zero-order chi connectivity index (χ0) is 14.0. The van der Waals surface area contributed by atoms with E-state index in [9.17, 15) is 13.2 Å². The number of hydrogen-bond donors (Lipinski definition) is 0. The molecule has 1 unspecified atom stereocenters. The molecule has 0 saturated heterocycles. The number of alkyl halides is 3. The summed E-state index contributed by atoms with van der Waals surface area (Å²) in [6, 6.07) is 7.99. The Balaban J connectivity index is 2.38. The van der Waals surface area contributed by atoms with Crippen LogP contribution >= 0.6 is 11.6 Å². The molecule has 102 valence electrons. The predicted molar refractivity (Wildman–Crippen MR) is 65.9 cm³/mol. The van der Waals surface area contributed by atoms with Crippen molar-refractivity contribution in [2.45, 2.75) is 25.6 Å². The second-order valence-electron chi connectivity index (χ2n) is 4.20. The Labute approximate surface area is 113 Å². The second-order valence-corrected chi connectivity index (χ2v) is 4.54. The summed E-state index contributed by atoms with van der Waals surface area (Å²) in [6.45, 7) is 1.44. The molecule has 0 radical (unpaired) electrons. The number of hydrogen-bond acceptors (Lipinski definition) is 2. The quantitative estimate of drug-likeness (QED) is 0.851. The summed E-state index contributed by atoms with van der Waals surface area (Å²) >= 11 is 5.84. The molecule has 2 rings (SSSR count). The number of nitrogens with zero attached hydrogens (tertiary/aromatic N) is 3. The van der Waals surface area contributed by atoms with Crippen LogP contribution < -0.4 is 0 Å². The van der Waals surface area contributed by atoms with Crippen molar-refractivity contribution in [3.8, 4) is 11.4 Å². The zero-order valence-electron chi connectivity index (χ0n) is 10.0. The molecule has 3 nitrogen and oxygen atoms in total. The highest BCUT2D eigenvalue weighted by molar-refractivity contribution is 6.28. The van der Waals surface area contributed by atoms with Crippen LogP contribution in [0.3, 0.4) is 0 Å². The highest BCUT2D eigenvalue weighted by Gasteiger charge is 2.32. The lowest BCUT2D eigenvalue weighted by Crippen LogP contribution is -2.17. The van der Waals surface area contributed by atoms with Gasteiger partial charge in [-0.2, -0.15) is 13.2 Å². The molecule has 0 aliphatic rings. The first-order valence-electron chi connectivity index (χ1n) is 5.61. The lowest BCUT2D eigenvalue weighted by atomic mass is 10.2. The number of aromatic nitrogens is 3. The molecule has 0 bridgehead atoms. The van der Waals surface area contributed by atoms with Gasteiger partial charge in [-0.05, 0) is 18.5 Å². The van der Waals surface area contributed by atoms with Gasteiger partial charge in [0.2, 0.25) is 5.28 Å². The van der Waals surface area contributed by atoms with Crippen LogP contribution in [0, 0.1) is 0 Å². The van der Waals surface area contributed by atoms with Crippen LogP contribution in [0.5, 0.6) is 0 Å². The second kappa shape index (κ2) is 5.21. The van der Waals surface area contributed by atoms with Gasteiger partial charge in [-0.3, -0.25) is 4.57 Å². The van der Waals surface area contributed by atoms with Crippen molar-refractivity contribution in [1.82, 2.24) is 14.8 Å². The van der Waals surface area contributed by atoms with E-state index in [0.29, 0.717) is 11.4 Å². The fourth-order valence-electron chi connectivity index (χ4n) is 1.87. The summed E-state index contributed by atoms with van der Waals surface area (Å²) < 4.78 is 38.7. The molecular formula is C12H11ClF3N3. The summed E-state index contributed by atoms with van der Waals surface area (Å²) in [4.78, 5) is 0. The van der Waals surface area contributed by atoms with Gasteiger partial charge in [-0.1, -0.05) is 30.3 Å². The van der Waals surface area contributed by atoms with Crippen LogP contribution in [0.4, 0.5) is 13.2 Å². The Bertz CT molecular complexity index is 551. The smallest absolute Gasteiger partial charge is 0.295 e. The van der Waals surface area contributed by atoms with Crippen molar-refractivity contribution in [3.05, 3.63) is 35.6 Å². The van der Waals surface area contributed by atoms with E-state index in [4.69, 9.17) is 11.6 Å². The standard InChI is InChI=1S/C12H11ClF3N3/c1-8(7-12(14,15)16)19-10(17-18-11(19)13)9-5-3-2-4-6-9/h2-6,8H,7H2,1H3. The Morgan fingerprint density at radius 2 is 1.84 bits per heavy atom. The number of halogens is 4. The van der Waals surface area contributed by atoms with E-state index in [2.05, 4.69) is 10.2 Å². The topological polar surface area (TPSA) is 30.7 Å². The summed E-state index contributed by atoms with van der Waals surface area (Å²) in [5, 5.41) is 7.46. The van der Waals surface area contributed by atoms with Crippen LogP contribution in [0.1, 0.15) is 19.4 Å². The van der Waals surface area contributed by atoms with Crippen molar-refractivity contribution in [2.24, 2.45) is 0 Å². The Hall–Kier alpha value is -1.56. The van der Waals surface area contributed by atoms with Crippen LogP contribution in [0.15, 0.2) is 30.3 Å². The fraction of sp³-hybridized carbons (Fsp3) is 0.333. The third kappa shape index (κ3) is 3.26. The Morgan fingerprint density at radius 3 is 2.42 bits per heavy atom. The normalized spacial score (nSPS) is 13.5. The average molecular weight is 290 g/mol. The van der Waals surface area contributed by atoms with E-state index < -0.39 is 18.6 Å². The SMILES string of the molecule is CC(CC(F)(F)F)n1c(Cl)nnc1-c1ccccc1. The molecular weight excluding hydrogens is 279 g/mol. The number of benzene rings is 1. The lowest BCUT2D eigenvalue weighted by molar-refractivity contribution is -0.141. The van der Waals surface area contributed by atoms with Gasteiger partial charge in [0.05, 0.1) is 6.42 Å². The van der Waals surface area contributed by atoms with Gasteiger partial charge in [0.25, 0.3) is 0 Å². The van der Waals surface area contributed by atoms with E-state index in [-0.39, 0.29) is 5.28 Å². The first-order chi connectivity index (χ1) is 8.88. The van der Waals surface area contributed by atoms with E-state index >= 15 is 0 Å². The molecule has 0 spiro atoms. The highest BCUT2D eigenvalue weighted by atomic mass is 35.5. The van der Waals surface area contributed by atoms with Gasteiger partial charge in [-0.25, -0.2) is 0 Å². The largest absolute Gasteiger partial charge is 0.391 e. The monoisotopic (exact) mass is 289 g/mol. The van der Waals surface area contributed by atoms with Crippen molar-refractivity contribution in [1.29, 1.82) is 0 Å². The third-order valence-electron chi connectivity index (χ3n) is 2.65. The molecule has 7 heteroatoms. The van der Waals surface area contributed by atoms with E-state index in [1.807, 2.05) is 6.07 Å². The molecule has 19 heavy (non-hydrogen) atoms. The molecule has 1 atom stereocenters. The van der Waals surface area contributed by atoms with Crippen LogP contribution in [-0.4, -0.2) is 20.9 Å². The first kappa shape index (κ1) is 13.9. The molecule has 0 amide bonds. The minimum Gasteiger partial charge on any atom is -0.295 e. The summed E-state index contributed by atoms with van der Waals surface area (Å²) in [6.07, 6.45) is -5.24. The molecule has 1 aromatic heterocycles. The van der Waals surface area contributed by atoms with Crippen molar-refractivity contribution in [3.63, 3.8) is 0 Å². The van der Waals surface area contributed by atoms with E-state index in [1.165, 1.54) is 11.5 Å². The highest BCUT2D eigenvalue weighted by Crippen LogP contribution is 2.32. The van der Waals surface area contributed by atoms with Gasteiger partial charge in [0.1, 0.15) is 0 Å². The molecule has 2 aromatic rings. The maximum Gasteiger partial charge on any atom is 0.391 e. The maximum absolute atomic E-state index is 12.5. The molecule has 0 aliphatic heterocycles. The van der Waals surface area contributed by atoms with E-state index in [0.717, 1.165) is 0 Å². The Kier molecular flexibility index (Phi) is 3.80. The van der Waals surface area contributed by atoms with Crippen LogP contribution in [0.2, 0.25) is 5.28 Å². The van der Waals surface area contributed by atoms with Crippen LogP contribution in [0.25, 0.3) is 11.4 Å². The average Bonchev–Trinajstić information content (AvgIpc) is 2.70. The summed E-state index contributed by atoms with van der Waals surface area (Å²) in [5.41, 5.74) is 0.677. The molecule has 0 saturated carbocycles. The van der Waals surface area contributed by atoms with Gasteiger partial charge >= 0.3 is 6.18 Å². The zero-order valence-corrected chi connectivity index (χ0v) is 10.8. The lowest BCUT2D eigenvalue weighted by Gasteiger charge is -2.18. The maximum atomic E-state index is 12.5. The summed E-state index contributed by atoms with van der Waals surface area (Å²) in [5.74, 6) is 0.336. The van der Waals surface area contributed by atoms with Crippen molar-refractivity contribution < 1.29 is 13.2 Å².